The Labute approximate surface area is 210 Å². The molecule has 0 aromatic heterocycles. The lowest BCUT2D eigenvalue weighted by Gasteiger charge is -2.37. The standard InChI is InChI=1S/C32H42F2O/c1-3-5-6-7-23-10-15-26(16-11-23)27-17-12-24(13-18-27)8-9-25-14-19-28-22-30(35-20-4-2)32(34)31(33)29(28)21-25/h4,6-7,14,19,21-24,26-27H,2-3,5,8-13,15-18,20H2,1H3/b7-6+. The van der Waals surface area contributed by atoms with Crippen molar-refractivity contribution in [3.8, 4) is 5.75 Å². The van der Waals surface area contributed by atoms with Gasteiger partial charge >= 0.3 is 0 Å². The van der Waals surface area contributed by atoms with E-state index in [1.807, 2.05) is 12.1 Å². The lowest BCUT2D eigenvalue weighted by molar-refractivity contribution is 0.152. The summed E-state index contributed by atoms with van der Waals surface area (Å²) in [5, 5.41) is 1.01. The zero-order valence-electron chi connectivity index (χ0n) is 21.4. The fourth-order valence-electron chi connectivity index (χ4n) is 6.34. The van der Waals surface area contributed by atoms with E-state index in [1.165, 1.54) is 70.3 Å². The van der Waals surface area contributed by atoms with Crippen LogP contribution in [0.1, 0.15) is 83.1 Å². The van der Waals surface area contributed by atoms with Crippen LogP contribution in [0.5, 0.6) is 5.75 Å². The Hall–Kier alpha value is -2.16. The molecule has 2 saturated carbocycles. The Kier molecular flexibility index (Phi) is 9.40. The van der Waals surface area contributed by atoms with Crippen molar-refractivity contribution in [3.05, 3.63) is 66.3 Å². The second-order valence-electron chi connectivity index (χ2n) is 10.9. The van der Waals surface area contributed by atoms with E-state index >= 15 is 0 Å². The van der Waals surface area contributed by atoms with Gasteiger partial charge < -0.3 is 4.74 Å². The number of fused-ring (bicyclic) bond motifs is 1. The van der Waals surface area contributed by atoms with Gasteiger partial charge in [0.05, 0.1) is 0 Å². The predicted molar refractivity (Wildman–Crippen MR) is 143 cm³/mol. The lowest BCUT2D eigenvalue weighted by Crippen LogP contribution is -2.25. The van der Waals surface area contributed by atoms with E-state index in [0.29, 0.717) is 10.8 Å². The van der Waals surface area contributed by atoms with Crippen LogP contribution in [-0.4, -0.2) is 6.61 Å². The number of aryl methyl sites for hydroxylation is 1. The molecule has 35 heavy (non-hydrogen) atoms. The van der Waals surface area contributed by atoms with E-state index in [1.54, 1.807) is 6.07 Å². The van der Waals surface area contributed by atoms with Gasteiger partial charge in [-0.1, -0.05) is 63.1 Å². The number of benzene rings is 2. The molecule has 0 unspecified atom stereocenters. The molecule has 0 aliphatic heterocycles. The average Bonchev–Trinajstić information content (AvgIpc) is 2.90. The molecule has 190 valence electrons. The molecule has 0 spiro atoms. The summed E-state index contributed by atoms with van der Waals surface area (Å²) in [6.45, 7) is 5.96. The molecule has 2 aromatic carbocycles. The van der Waals surface area contributed by atoms with Crippen LogP contribution in [0.3, 0.4) is 0 Å². The minimum Gasteiger partial charge on any atom is -0.486 e. The monoisotopic (exact) mass is 480 g/mol. The molecule has 2 aliphatic carbocycles. The first-order valence-electron chi connectivity index (χ1n) is 13.9. The van der Waals surface area contributed by atoms with Crippen LogP contribution >= 0.6 is 0 Å². The molecule has 2 fully saturated rings. The highest BCUT2D eigenvalue weighted by Gasteiger charge is 2.30. The third kappa shape index (κ3) is 6.74. The van der Waals surface area contributed by atoms with Crippen LogP contribution in [-0.2, 0) is 6.42 Å². The van der Waals surface area contributed by atoms with Gasteiger partial charge in [0.1, 0.15) is 6.61 Å². The van der Waals surface area contributed by atoms with Crippen LogP contribution in [0.15, 0.2) is 49.1 Å². The number of halogens is 2. The molecule has 0 N–H and O–H groups in total. The van der Waals surface area contributed by atoms with Gasteiger partial charge in [-0.25, -0.2) is 4.39 Å². The van der Waals surface area contributed by atoms with E-state index in [2.05, 4.69) is 31.7 Å². The van der Waals surface area contributed by atoms with Gasteiger partial charge in [-0.15, -0.1) is 0 Å². The minimum atomic E-state index is -0.916. The molecule has 1 nitrogen and oxygen atoms in total. The summed E-state index contributed by atoms with van der Waals surface area (Å²) in [7, 11) is 0. The van der Waals surface area contributed by atoms with Gasteiger partial charge in [0.15, 0.2) is 11.6 Å². The third-order valence-electron chi connectivity index (χ3n) is 8.49. The lowest BCUT2D eigenvalue weighted by atomic mass is 9.68. The molecule has 4 rings (SSSR count). The quantitative estimate of drug-likeness (QED) is 0.308. The molecule has 2 aliphatic rings. The summed E-state index contributed by atoms with van der Waals surface area (Å²) in [4.78, 5) is 0. The van der Waals surface area contributed by atoms with Gasteiger partial charge in [-0.05, 0) is 105 Å². The van der Waals surface area contributed by atoms with Crippen molar-refractivity contribution in [2.75, 3.05) is 6.61 Å². The normalized spacial score (nSPS) is 25.2. The van der Waals surface area contributed by atoms with Crippen molar-refractivity contribution in [1.82, 2.24) is 0 Å². The van der Waals surface area contributed by atoms with Crippen LogP contribution in [0.4, 0.5) is 8.78 Å². The van der Waals surface area contributed by atoms with Gasteiger partial charge in [0.25, 0.3) is 0 Å². The summed E-state index contributed by atoms with van der Waals surface area (Å²) in [6, 6.07) is 7.34. The van der Waals surface area contributed by atoms with E-state index < -0.39 is 11.6 Å². The van der Waals surface area contributed by atoms with Crippen LogP contribution < -0.4 is 4.74 Å². The van der Waals surface area contributed by atoms with Gasteiger partial charge in [0, 0.05) is 5.39 Å². The number of allylic oxidation sites excluding steroid dienone is 2. The number of hydrogen-bond acceptors (Lipinski definition) is 1. The zero-order chi connectivity index (χ0) is 24.6. The summed E-state index contributed by atoms with van der Waals surface area (Å²) in [5.74, 6) is 1.64. The fourth-order valence-corrected chi connectivity index (χ4v) is 6.34. The highest BCUT2D eigenvalue weighted by atomic mass is 19.2. The highest BCUT2D eigenvalue weighted by Crippen LogP contribution is 2.42. The van der Waals surface area contributed by atoms with Crippen LogP contribution in [0.2, 0.25) is 0 Å². The Morgan fingerprint density at radius 1 is 0.943 bits per heavy atom. The number of hydrogen-bond donors (Lipinski definition) is 0. The minimum absolute atomic E-state index is 0.0548. The molecule has 0 radical (unpaired) electrons. The highest BCUT2D eigenvalue weighted by molar-refractivity contribution is 5.85. The summed E-state index contributed by atoms with van der Waals surface area (Å²) < 4.78 is 34.4. The zero-order valence-corrected chi connectivity index (χ0v) is 21.4. The van der Waals surface area contributed by atoms with E-state index in [-0.39, 0.29) is 12.4 Å². The molecule has 3 heteroatoms. The second kappa shape index (κ2) is 12.7. The van der Waals surface area contributed by atoms with E-state index in [9.17, 15) is 8.78 Å². The summed E-state index contributed by atoms with van der Waals surface area (Å²) in [6.07, 6.45) is 21.9. The maximum atomic E-state index is 14.7. The fraction of sp³-hybridized carbons (Fsp3) is 0.562. The topological polar surface area (TPSA) is 9.23 Å². The van der Waals surface area contributed by atoms with Gasteiger partial charge in [-0.3, -0.25) is 0 Å². The number of rotatable bonds is 10. The molecule has 0 bridgehead atoms. The molecular weight excluding hydrogens is 438 g/mol. The second-order valence-corrected chi connectivity index (χ2v) is 10.9. The maximum Gasteiger partial charge on any atom is 0.201 e. The third-order valence-corrected chi connectivity index (χ3v) is 8.49. The number of ether oxygens (including phenoxy) is 1. The molecule has 0 heterocycles. The maximum absolute atomic E-state index is 14.7. The van der Waals surface area contributed by atoms with Crippen LogP contribution in [0, 0.1) is 35.3 Å². The van der Waals surface area contributed by atoms with Gasteiger partial charge in [0.2, 0.25) is 5.82 Å². The van der Waals surface area contributed by atoms with E-state index in [4.69, 9.17) is 4.74 Å². The van der Waals surface area contributed by atoms with Crippen molar-refractivity contribution >= 4 is 10.8 Å². The van der Waals surface area contributed by atoms with Crippen molar-refractivity contribution in [3.63, 3.8) is 0 Å². The first kappa shape index (κ1) is 25.9. The Bertz CT molecular complexity index is 994. The molecule has 0 amide bonds. The molecule has 2 aromatic rings. The predicted octanol–water partition coefficient (Wildman–Crippen LogP) is 9.58. The molecule has 0 atom stereocenters. The first-order chi connectivity index (χ1) is 17.1. The average molecular weight is 481 g/mol. The SMILES string of the molecule is C=CCOc1cc2ccc(CCC3CCC(C4CCC(/C=C/CCC)CC4)CC3)cc2c(F)c1F. The summed E-state index contributed by atoms with van der Waals surface area (Å²) in [5.41, 5.74) is 1.09. The largest absolute Gasteiger partial charge is 0.486 e. The summed E-state index contributed by atoms with van der Waals surface area (Å²) >= 11 is 0. The van der Waals surface area contributed by atoms with Crippen molar-refractivity contribution < 1.29 is 13.5 Å². The van der Waals surface area contributed by atoms with E-state index in [0.717, 1.165) is 42.1 Å². The van der Waals surface area contributed by atoms with Gasteiger partial charge in [-0.2, -0.15) is 4.39 Å². The Morgan fingerprint density at radius 3 is 2.34 bits per heavy atom. The molecule has 0 saturated heterocycles. The Morgan fingerprint density at radius 2 is 1.66 bits per heavy atom. The van der Waals surface area contributed by atoms with Crippen molar-refractivity contribution in [2.24, 2.45) is 23.7 Å². The van der Waals surface area contributed by atoms with Crippen LogP contribution in [0.25, 0.3) is 10.8 Å². The van der Waals surface area contributed by atoms with Crippen molar-refractivity contribution in [2.45, 2.75) is 84.0 Å². The smallest absolute Gasteiger partial charge is 0.201 e. The molecular formula is C32H42F2O. The first-order valence-corrected chi connectivity index (χ1v) is 13.9. The van der Waals surface area contributed by atoms with Crippen molar-refractivity contribution in [1.29, 1.82) is 0 Å². The Balaban J connectivity index is 1.25. The number of unbranched alkanes of at least 4 members (excludes halogenated alkanes) is 1.